The predicted molar refractivity (Wildman–Crippen MR) is 111 cm³/mol. The molecule has 0 radical (unpaired) electrons. The number of ketones is 1. The lowest BCUT2D eigenvalue weighted by Gasteiger charge is -2.43. The first kappa shape index (κ1) is 23.2. The number of nitrogens with one attached hydrogen (secondary N) is 1. The molecule has 1 saturated carbocycles. The molecule has 1 aliphatic carbocycles. The molecule has 1 N–H and O–H groups in total. The summed E-state index contributed by atoms with van der Waals surface area (Å²) in [6, 6.07) is 6.52. The number of Topliss-reactive ketones (excluding diaryl/α,β-unsaturated/α-hetero) is 1. The number of carbonyl (C=O) groups excluding carboxylic acids is 3. The third-order valence-corrected chi connectivity index (χ3v) is 5.76. The molecule has 2 rings (SSSR count). The van der Waals surface area contributed by atoms with Crippen molar-refractivity contribution >= 4 is 29.4 Å². The second kappa shape index (κ2) is 10.1. The molecule has 0 aliphatic heterocycles. The monoisotopic (exact) mass is 425 g/mol. The van der Waals surface area contributed by atoms with Gasteiger partial charge < -0.3 is 14.8 Å². The molecule has 1 aromatic carbocycles. The van der Waals surface area contributed by atoms with Crippen LogP contribution >= 0.6 is 11.6 Å². The number of carbonyl (C=O) groups is 3. The summed E-state index contributed by atoms with van der Waals surface area (Å²) in [7, 11) is 3.18. The standard InChI is InChI=1S/C21H29ClN2O5/c1-14(2)18(23-3)19(26)28-13-29-20(27)24(4)21(12-8-7-11-17(21)25)15-9-5-6-10-16(15)22/h5-6,9-10,14,18,23H,7-8,11-13H2,1-4H3/p+1/t18-,21-/m0/s1. The first-order valence-electron chi connectivity index (χ1n) is 9.78. The highest BCUT2D eigenvalue weighted by Gasteiger charge is 2.48. The second-order valence-corrected chi connectivity index (χ2v) is 7.94. The third kappa shape index (κ3) is 4.90. The molecule has 7 nitrogen and oxygen atoms in total. The summed E-state index contributed by atoms with van der Waals surface area (Å²) in [6.45, 7) is 3.23. The van der Waals surface area contributed by atoms with Crippen LogP contribution in [0.5, 0.6) is 0 Å². The number of benzene rings is 1. The van der Waals surface area contributed by atoms with Crippen molar-refractivity contribution in [3.05, 3.63) is 34.9 Å². The van der Waals surface area contributed by atoms with Gasteiger partial charge in [0.05, 0.1) is 0 Å². The number of esters is 1. The van der Waals surface area contributed by atoms with E-state index in [-0.39, 0.29) is 13.1 Å². The molecule has 0 spiro atoms. The Balaban J connectivity index is 0.00000450. The third-order valence-electron chi connectivity index (χ3n) is 5.43. The van der Waals surface area contributed by atoms with Crippen LogP contribution < -0.4 is 5.32 Å². The second-order valence-electron chi connectivity index (χ2n) is 7.53. The maximum Gasteiger partial charge on any atom is 1.00 e. The largest absolute Gasteiger partial charge is 1.00 e. The van der Waals surface area contributed by atoms with E-state index in [2.05, 4.69) is 5.32 Å². The Morgan fingerprint density at radius 3 is 2.55 bits per heavy atom. The summed E-state index contributed by atoms with van der Waals surface area (Å²) in [5.74, 6) is -0.565. The van der Waals surface area contributed by atoms with Crippen molar-refractivity contribution in [1.82, 2.24) is 10.2 Å². The molecule has 0 saturated heterocycles. The Hall–Kier alpha value is -2.12. The summed E-state index contributed by atoms with van der Waals surface area (Å²) in [5.41, 5.74) is -0.610. The van der Waals surface area contributed by atoms with Crippen molar-refractivity contribution in [2.24, 2.45) is 5.92 Å². The average molecular weight is 426 g/mol. The zero-order chi connectivity index (χ0) is 21.6. The molecule has 0 aromatic heterocycles. The van der Waals surface area contributed by atoms with Crippen LogP contribution in [0.1, 0.15) is 46.5 Å². The highest BCUT2D eigenvalue weighted by molar-refractivity contribution is 6.31. The van der Waals surface area contributed by atoms with Gasteiger partial charge in [0.25, 0.3) is 0 Å². The highest BCUT2D eigenvalue weighted by Crippen LogP contribution is 2.42. The maximum absolute atomic E-state index is 13.0. The fourth-order valence-corrected chi connectivity index (χ4v) is 4.13. The number of rotatable bonds is 7. The van der Waals surface area contributed by atoms with Crippen LogP contribution in [0.4, 0.5) is 4.79 Å². The minimum absolute atomic E-state index is 0. The van der Waals surface area contributed by atoms with E-state index in [1.807, 2.05) is 13.8 Å². The van der Waals surface area contributed by atoms with E-state index >= 15 is 0 Å². The van der Waals surface area contributed by atoms with Crippen LogP contribution in [0.25, 0.3) is 0 Å². The Morgan fingerprint density at radius 2 is 1.97 bits per heavy atom. The minimum atomic E-state index is -1.19. The van der Waals surface area contributed by atoms with Gasteiger partial charge in [0.1, 0.15) is 11.6 Å². The number of halogens is 1. The van der Waals surface area contributed by atoms with Crippen molar-refractivity contribution in [2.45, 2.75) is 51.1 Å². The van der Waals surface area contributed by atoms with Crippen molar-refractivity contribution < 1.29 is 25.3 Å². The SMILES string of the molecule is CN[C@H](C(=O)OCOC(=O)N(C)[C@]1(c2ccccc2Cl)CCCCC1=O)C(C)C.[H+]. The fourth-order valence-electron chi connectivity index (χ4n) is 3.83. The van der Waals surface area contributed by atoms with Gasteiger partial charge in [-0.3, -0.25) is 14.5 Å². The number of ether oxygens (including phenoxy) is 2. The molecule has 0 heterocycles. The molecule has 1 aromatic rings. The van der Waals surface area contributed by atoms with Crippen LogP contribution in [-0.4, -0.2) is 49.7 Å². The van der Waals surface area contributed by atoms with Gasteiger partial charge >= 0.3 is 13.5 Å². The van der Waals surface area contributed by atoms with E-state index in [0.29, 0.717) is 23.4 Å². The lowest BCUT2D eigenvalue weighted by atomic mass is 9.74. The van der Waals surface area contributed by atoms with Gasteiger partial charge in [0.15, 0.2) is 5.78 Å². The van der Waals surface area contributed by atoms with E-state index in [1.165, 1.54) is 11.9 Å². The van der Waals surface area contributed by atoms with E-state index in [9.17, 15) is 14.4 Å². The van der Waals surface area contributed by atoms with E-state index in [1.54, 1.807) is 31.3 Å². The molecule has 1 amide bonds. The summed E-state index contributed by atoms with van der Waals surface area (Å²) in [6.07, 6.45) is 1.61. The van der Waals surface area contributed by atoms with Crippen LogP contribution in [0.15, 0.2) is 24.3 Å². The maximum atomic E-state index is 13.0. The smallest absolute Gasteiger partial charge is 0.427 e. The van der Waals surface area contributed by atoms with Crippen molar-refractivity contribution in [2.75, 3.05) is 20.9 Å². The van der Waals surface area contributed by atoms with Crippen LogP contribution in [-0.2, 0) is 24.6 Å². The van der Waals surface area contributed by atoms with E-state index in [4.69, 9.17) is 21.1 Å². The molecule has 0 bridgehead atoms. The lowest BCUT2D eigenvalue weighted by molar-refractivity contribution is -0.157. The molecule has 29 heavy (non-hydrogen) atoms. The summed E-state index contributed by atoms with van der Waals surface area (Å²) in [5, 5.41) is 3.29. The zero-order valence-electron chi connectivity index (χ0n) is 18.4. The van der Waals surface area contributed by atoms with Crippen molar-refractivity contribution in [1.29, 1.82) is 0 Å². The molecule has 0 unspecified atom stereocenters. The summed E-state index contributed by atoms with van der Waals surface area (Å²) in [4.78, 5) is 39.1. The van der Waals surface area contributed by atoms with Gasteiger partial charge in [-0.1, -0.05) is 43.6 Å². The first-order valence-corrected chi connectivity index (χ1v) is 10.2. The Kier molecular flexibility index (Phi) is 8.05. The Labute approximate surface area is 178 Å². The fraction of sp³-hybridized carbons (Fsp3) is 0.571. The first-order chi connectivity index (χ1) is 13.8. The van der Waals surface area contributed by atoms with Crippen molar-refractivity contribution in [3.8, 4) is 0 Å². The Bertz CT molecular complexity index is 761. The quantitative estimate of drug-likeness (QED) is 0.530. The number of hydrogen-bond acceptors (Lipinski definition) is 6. The van der Waals surface area contributed by atoms with E-state index in [0.717, 1.165) is 12.8 Å². The molecule has 1 aliphatic rings. The van der Waals surface area contributed by atoms with Crippen LogP contribution in [0.3, 0.4) is 0 Å². The lowest BCUT2D eigenvalue weighted by Crippen LogP contribution is -2.54. The number of nitrogens with zero attached hydrogens (tertiary/aromatic N) is 1. The number of amides is 1. The molecular weight excluding hydrogens is 396 g/mol. The average Bonchev–Trinajstić information content (AvgIpc) is 2.68. The molecule has 8 heteroatoms. The van der Waals surface area contributed by atoms with Crippen LogP contribution in [0, 0.1) is 5.92 Å². The van der Waals surface area contributed by atoms with E-state index < -0.39 is 30.4 Å². The number of hydrogen-bond donors (Lipinski definition) is 1. The van der Waals surface area contributed by atoms with Gasteiger partial charge in [-0.2, -0.15) is 0 Å². The summed E-state index contributed by atoms with van der Waals surface area (Å²) >= 11 is 6.38. The van der Waals surface area contributed by atoms with Gasteiger partial charge in [-0.15, -0.1) is 0 Å². The molecule has 160 valence electrons. The van der Waals surface area contributed by atoms with Crippen molar-refractivity contribution in [3.63, 3.8) is 0 Å². The van der Waals surface area contributed by atoms with Gasteiger partial charge in [0.2, 0.25) is 6.79 Å². The van der Waals surface area contributed by atoms with Crippen LogP contribution in [0.2, 0.25) is 5.02 Å². The topological polar surface area (TPSA) is 84.9 Å². The summed E-state index contributed by atoms with van der Waals surface area (Å²) < 4.78 is 10.2. The Morgan fingerprint density at radius 1 is 1.28 bits per heavy atom. The zero-order valence-corrected chi connectivity index (χ0v) is 18.1. The number of likely N-dealkylation sites (N-methyl/N-ethyl adjacent to an activating group) is 2. The molecule has 2 atom stereocenters. The normalized spacial score (nSPS) is 20.3. The molecule has 1 fully saturated rings. The molecular formula is C21H30ClN2O5+. The van der Waals surface area contributed by atoms with Gasteiger partial charge in [-0.25, -0.2) is 4.79 Å². The van der Waals surface area contributed by atoms with Gasteiger partial charge in [0, 0.05) is 24.1 Å². The minimum Gasteiger partial charge on any atom is -0.427 e. The highest BCUT2D eigenvalue weighted by atomic mass is 35.5. The van der Waals surface area contributed by atoms with Gasteiger partial charge in [-0.05, 0) is 38.3 Å². The predicted octanol–water partition coefficient (Wildman–Crippen LogP) is 3.60.